The Balaban J connectivity index is 1.20. The number of aliphatic carboxylic acids is 1. The average molecular weight is 447 g/mol. The van der Waals surface area contributed by atoms with Crippen LogP contribution in [0.3, 0.4) is 0 Å². The molecule has 2 aromatic rings. The molecule has 0 spiro atoms. The Labute approximate surface area is 191 Å². The standard InChI is InChI=1S/C26H26N2O5/c29-23(30)16-6-5-7-17(14-16)27-24(31)26(12-13-26)28-25(32)33-15-22-20-10-3-1-8-18(20)19-9-2-4-11-21(19)22/h1-5,7-11,16-17,22H,6,12-15H2,(H,27,31)(H,28,32)(H,29,30). The van der Waals surface area contributed by atoms with Gasteiger partial charge in [0.15, 0.2) is 0 Å². The number of nitrogens with one attached hydrogen (secondary N) is 2. The molecule has 3 aliphatic rings. The molecule has 1 saturated carbocycles. The smallest absolute Gasteiger partial charge is 0.408 e. The zero-order valence-corrected chi connectivity index (χ0v) is 18.1. The predicted octanol–water partition coefficient (Wildman–Crippen LogP) is 3.59. The van der Waals surface area contributed by atoms with Gasteiger partial charge in [-0.1, -0.05) is 60.7 Å². The van der Waals surface area contributed by atoms with Gasteiger partial charge in [-0.15, -0.1) is 0 Å². The number of carboxylic acids is 1. The lowest BCUT2D eigenvalue weighted by Gasteiger charge is -2.25. The van der Waals surface area contributed by atoms with Gasteiger partial charge >= 0.3 is 12.1 Å². The van der Waals surface area contributed by atoms with Crippen molar-refractivity contribution in [2.75, 3.05) is 6.61 Å². The summed E-state index contributed by atoms with van der Waals surface area (Å²) in [5, 5.41) is 14.9. The quantitative estimate of drug-likeness (QED) is 0.588. The van der Waals surface area contributed by atoms with E-state index >= 15 is 0 Å². The molecule has 3 N–H and O–H groups in total. The second-order valence-electron chi connectivity index (χ2n) is 9.05. The maximum Gasteiger partial charge on any atom is 0.408 e. The van der Waals surface area contributed by atoms with Gasteiger partial charge in [0.25, 0.3) is 0 Å². The van der Waals surface area contributed by atoms with Crippen LogP contribution in [-0.4, -0.2) is 41.3 Å². The molecule has 0 saturated heterocycles. The van der Waals surface area contributed by atoms with E-state index in [0.717, 1.165) is 22.3 Å². The number of ether oxygens (including phenoxy) is 1. The van der Waals surface area contributed by atoms with Crippen LogP contribution in [-0.2, 0) is 14.3 Å². The van der Waals surface area contributed by atoms with E-state index in [9.17, 15) is 19.5 Å². The van der Waals surface area contributed by atoms with Crippen LogP contribution >= 0.6 is 0 Å². The van der Waals surface area contributed by atoms with Gasteiger partial charge in [-0.2, -0.15) is 0 Å². The van der Waals surface area contributed by atoms with Crippen molar-refractivity contribution in [2.24, 2.45) is 5.92 Å². The summed E-state index contributed by atoms with van der Waals surface area (Å²) in [5.74, 6) is -1.72. The molecule has 7 heteroatoms. The molecule has 0 aliphatic heterocycles. The Morgan fingerprint density at radius 3 is 2.24 bits per heavy atom. The number of rotatable bonds is 6. The van der Waals surface area contributed by atoms with Crippen LogP contribution in [0.2, 0.25) is 0 Å². The minimum atomic E-state index is -0.980. The first-order chi connectivity index (χ1) is 16.0. The van der Waals surface area contributed by atoms with Crippen LogP contribution in [0.4, 0.5) is 4.79 Å². The van der Waals surface area contributed by atoms with Crippen molar-refractivity contribution in [3.05, 3.63) is 71.8 Å². The molecule has 33 heavy (non-hydrogen) atoms. The largest absolute Gasteiger partial charge is 0.481 e. The molecular weight excluding hydrogens is 420 g/mol. The first-order valence-electron chi connectivity index (χ1n) is 11.3. The zero-order valence-electron chi connectivity index (χ0n) is 18.1. The van der Waals surface area contributed by atoms with Crippen molar-refractivity contribution in [1.82, 2.24) is 10.6 Å². The van der Waals surface area contributed by atoms with Crippen LogP contribution in [0.25, 0.3) is 11.1 Å². The van der Waals surface area contributed by atoms with Crippen LogP contribution in [0, 0.1) is 5.92 Å². The molecule has 1 fully saturated rings. The number of carboxylic acid groups (broad SMARTS) is 1. The number of carbonyl (C=O) groups is 3. The van der Waals surface area contributed by atoms with Crippen molar-refractivity contribution >= 4 is 18.0 Å². The highest BCUT2D eigenvalue weighted by atomic mass is 16.5. The lowest BCUT2D eigenvalue weighted by molar-refractivity contribution is -0.142. The summed E-state index contributed by atoms with van der Waals surface area (Å²) in [6.45, 7) is 0.184. The van der Waals surface area contributed by atoms with Crippen LogP contribution < -0.4 is 10.6 Å². The Hall–Kier alpha value is -3.61. The molecule has 2 amide bonds. The van der Waals surface area contributed by atoms with Crippen molar-refractivity contribution < 1.29 is 24.2 Å². The molecule has 2 aromatic carbocycles. The monoisotopic (exact) mass is 446 g/mol. The van der Waals surface area contributed by atoms with E-state index in [1.54, 1.807) is 6.08 Å². The van der Waals surface area contributed by atoms with Gasteiger partial charge in [0.2, 0.25) is 5.91 Å². The number of alkyl carbamates (subject to hydrolysis) is 1. The van der Waals surface area contributed by atoms with Gasteiger partial charge in [0, 0.05) is 12.0 Å². The fourth-order valence-corrected chi connectivity index (χ4v) is 4.87. The first kappa shape index (κ1) is 21.2. The summed E-state index contributed by atoms with van der Waals surface area (Å²) in [6, 6.07) is 15.9. The zero-order chi connectivity index (χ0) is 23.0. The molecule has 2 atom stereocenters. The number of carbonyl (C=O) groups excluding carboxylic acids is 2. The SMILES string of the molecule is O=C(NC1(C(=O)NC2C=CCC(C(=O)O)C2)CC1)OCC1c2ccccc2-c2ccccc21. The van der Waals surface area contributed by atoms with E-state index < -0.39 is 23.5 Å². The van der Waals surface area contributed by atoms with Crippen LogP contribution in [0.15, 0.2) is 60.7 Å². The summed E-state index contributed by atoms with van der Waals surface area (Å²) in [6.07, 6.45) is 4.85. The van der Waals surface area contributed by atoms with Gasteiger partial charge in [0.05, 0.1) is 5.92 Å². The summed E-state index contributed by atoms with van der Waals surface area (Å²) >= 11 is 0. The molecule has 0 bridgehead atoms. The fraction of sp³-hybridized carbons (Fsp3) is 0.346. The number of hydrogen-bond donors (Lipinski definition) is 3. The second kappa shape index (κ2) is 8.39. The Bertz CT molecular complexity index is 1090. The van der Waals surface area contributed by atoms with Gasteiger partial charge in [-0.25, -0.2) is 4.79 Å². The molecule has 0 aromatic heterocycles. The summed E-state index contributed by atoms with van der Waals surface area (Å²) in [5.41, 5.74) is 3.58. The van der Waals surface area contributed by atoms with Gasteiger partial charge in [-0.3, -0.25) is 9.59 Å². The molecule has 3 aliphatic carbocycles. The maximum absolute atomic E-state index is 12.8. The Kier molecular flexibility index (Phi) is 5.40. The molecular formula is C26H26N2O5. The van der Waals surface area contributed by atoms with E-state index in [-0.39, 0.29) is 24.5 Å². The van der Waals surface area contributed by atoms with E-state index in [1.807, 2.05) is 30.3 Å². The number of amides is 2. The number of hydrogen-bond acceptors (Lipinski definition) is 4. The summed E-state index contributed by atoms with van der Waals surface area (Å²) < 4.78 is 5.58. The van der Waals surface area contributed by atoms with Crippen molar-refractivity contribution in [3.8, 4) is 11.1 Å². The number of fused-ring (bicyclic) bond motifs is 3. The van der Waals surface area contributed by atoms with E-state index in [2.05, 4.69) is 34.9 Å². The topological polar surface area (TPSA) is 105 Å². The maximum atomic E-state index is 12.8. The van der Waals surface area contributed by atoms with E-state index in [4.69, 9.17) is 4.74 Å². The van der Waals surface area contributed by atoms with Crippen LogP contribution in [0.5, 0.6) is 0 Å². The summed E-state index contributed by atoms with van der Waals surface area (Å²) in [4.78, 5) is 36.7. The molecule has 0 radical (unpaired) electrons. The van der Waals surface area contributed by atoms with Crippen molar-refractivity contribution in [3.63, 3.8) is 0 Å². The van der Waals surface area contributed by atoms with Gasteiger partial charge < -0.3 is 20.5 Å². The van der Waals surface area contributed by atoms with Crippen LogP contribution in [0.1, 0.15) is 42.7 Å². The molecule has 5 rings (SSSR count). The van der Waals surface area contributed by atoms with Crippen molar-refractivity contribution in [1.29, 1.82) is 0 Å². The normalized spacial score (nSPS) is 22.1. The van der Waals surface area contributed by atoms with Gasteiger partial charge in [0.1, 0.15) is 12.1 Å². The van der Waals surface area contributed by atoms with E-state index in [0.29, 0.717) is 25.7 Å². The number of allylic oxidation sites excluding steroid dienone is 1. The average Bonchev–Trinajstić information content (AvgIpc) is 3.53. The minimum absolute atomic E-state index is 0.0487. The lowest BCUT2D eigenvalue weighted by Crippen LogP contribution is -2.52. The molecule has 170 valence electrons. The molecule has 7 nitrogen and oxygen atoms in total. The molecule has 2 unspecified atom stereocenters. The third kappa shape index (κ3) is 4.11. The number of benzene rings is 2. The Morgan fingerprint density at radius 2 is 1.64 bits per heavy atom. The third-order valence-electron chi connectivity index (χ3n) is 6.86. The minimum Gasteiger partial charge on any atom is -0.481 e. The highest BCUT2D eigenvalue weighted by molar-refractivity contribution is 5.93. The highest BCUT2D eigenvalue weighted by Gasteiger charge is 2.52. The Morgan fingerprint density at radius 1 is 1.00 bits per heavy atom. The first-order valence-corrected chi connectivity index (χ1v) is 11.3. The van der Waals surface area contributed by atoms with Crippen molar-refractivity contribution in [2.45, 2.75) is 43.2 Å². The predicted molar refractivity (Wildman–Crippen MR) is 122 cm³/mol. The third-order valence-corrected chi connectivity index (χ3v) is 6.86. The van der Waals surface area contributed by atoms with Gasteiger partial charge in [-0.05, 0) is 47.9 Å². The highest BCUT2D eigenvalue weighted by Crippen LogP contribution is 2.44. The summed E-state index contributed by atoms with van der Waals surface area (Å²) in [7, 11) is 0. The second-order valence-corrected chi connectivity index (χ2v) is 9.05. The van der Waals surface area contributed by atoms with E-state index in [1.165, 1.54) is 0 Å². The lowest BCUT2D eigenvalue weighted by atomic mass is 9.91. The molecule has 0 heterocycles. The fourth-order valence-electron chi connectivity index (χ4n) is 4.87.